The molecule has 2 aromatic rings. The van der Waals surface area contributed by atoms with Crippen LogP contribution >= 0.6 is 11.8 Å². The standard InChI is InChI=1S/C30H32N2O4S/c1-5-36-29(33)28-19(2)32-27(21-12-16-24(35-4)17-13-21)25-9-7-6-8-22(26(25)31-30(32)37-28)18-20-10-14-23(34-3)15-11-20/h10-18,27H,5-9H2,1-4H3/b22-18+. The van der Waals surface area contributed by atoms with Gasteiger partial charge < -0.3 is 19.1 Å². The van der Waals surface area contributed by atoms with Gasteiger partial charge in [-0.15, -0.1) is 0 Å². The maximum Gasteiger partial charge on any atom is 0.346 e. The Labute approximate surface area is 222 Å². The van der Waals surface area contributed by atoms with Crippen LogP contribution in [-0.4, -0.2) is 36.9 Å². The lowest BCUT2D eigenvalue weighted by atomic mass is 9.90. The van der Waals surface area contributed by atoms with Gasteiger partial charge in [0.1, 0.15) is 16.4 Å². The summed E-state index contributed by atoms with van der Waals surface area (Å²) >= 11 is 1.41. The zero-order valence-electron chi connectivity index (χ0n) is 21.7. The van der Waals surface area contributed by atoms with Gasteiger partial charge in [-0.25, -0.2) is 9.79 Å². The Bertz CT molecular complexity index is 1310. The molecule has 0 N–H and O–H groups in total. The van der Waals surface area contributed by atoms with Crippen LogP contribution in [0.25, 0.3) is 6.08 Å². The van der Waals surface area contributed by atoms with Gasteiger partial charge >= 0.3 is 5.97 Å². The molecule has 2 heterocycles. The molecule has 7 heteroatoms. The number of ether oxygens (including phenoxy) is 3. The Kier molecular flexibility index (Phi) is 7.42. The molecule has 2 aliphatic heterocycles. The molecule has 1 unspecified atom stereocenters. The van der Waals surface area contributed by atoms with Crippen LogP contribution in [0.1, 0.15) is 56.7 Å². The Morgan fingerprint density at radius 2 is 1.68 bits per heavy atom. The second kappa shape index (κ2) is 10.9. The van der Waals surface area contributed by atoms with Crippen LogP contribution in [0.3, 0.4) is 0 Å². The van der Waals surface area contributed by atoms with Crippen molar-refractivity contribution < 1.29 is 19.0 Å². The first kappa shape index (κ1) is 25.2. The average Bonchev–Trinajstić information content (AvgIpc) is 3.12. The molecule has 192 valence electrons. The van der Waals surface area contributed by atoms with Gasteiger partial charge in [-0.1, -0.05) is 24.3 Å². The summed E-state index contributed by atoms with van der Waals surface area (Å²) in [5, 5.41) is 0.822. The minimum absolute atomic E-state index is 0.0507. The molecule has 3 aliphatic rings. The molecule has 1 atom stereocenters. The van der Waals surface area contributed by atoms with Crippen molar-refractivity contribution in [1.29, 1.82) is 0 Å². The molecule has 0 aromatic heterocycles. The van der Waals surface area contributed by atoms with Crippen LogP contribution in [0, 0.1) is 0 Å². The SMILES string of the molecule is CCOC(=O)C1=C(C)N2C(=NC3=C(CCCC/C3=C\c3ccc(OC)cc3)C2c2ccc(OC)cc2)S1. The van der Waals surface area contributed by atoms with E-state index in [-0.39, 0.29) is 12.0 Å². The summed E-state index contributed by atoms with van der Waals surface area (Å²) in [4.78, 5) is 20.9. The zero-order chi connectivity index (χ0) is 25.9. The number of esters is 1. The van der Waals surface area contributed by atoms with Gasteiger partial charge in [-0.2, -0.15) is 0 Å². The molecule has 37 heavy (non-hydrogen) atoms. The molecule has 0 spiro atoms. The molecule has 0 fully saturated rings. The molecular weight excluding hydrogens is 484 g/mol. The van der Waals surface area contributed by atoms with E-state index < -0.39 is 0 Å². The number of rotatable bonds is 6. The van der Waals surface area contributed by atoms with Crippen LogP contribution in [0.2, 0.25) is 0 Å². The Balaban J connectivity index is 1.64. The Morgan fingerprint density at radius 3 is 2.32 bits per heavy atom. The second-order valence-electron chi connectivity index (χ2n) is 9.20. The van der Waals surface area contributed by atoms with Crippen molar-refractivity contribution in [2.24, 2.45) is 4.99 Å². The van der Waals surface area contributed by atoms with E-state index in [1.807, 2.05) is 38.1 Å². The van der Waals surface area contributed by atoms with Crippen LogP contribution in [0.15, 0.2) is 81.0 Å². The smallest absolute Gasteiger partial charge is 0.346 e. The Hall–Kier alpha value is -3.45. The summed E-state index contributed by atoms with van der Waals surface area (Å²) in [5.41, 5.74) is 6.72. The number of methoxy groups -OCH3 is 2. The van der Waals surface area contributed by atoms with Gasteiger partial charge in [-0.05, 0) is 104 Å². The van der Waals surface area contributed by atoms with Crippen LogP contribution in [-0.2, 0) is 9.53 Å². The van der Waals surface area contributed by atoms with Gasteiger partial charge in [0.2, 0.25) is 0 Å². The molecular formula is C30H32N2O4S. The minimum atomic E-state index is -0.292. The summed E-state index contributed by atoms with van der Waals surface area (Å²) in [5.74, 6) is 1.37. The number of thioether (sulfide) groups is 1. The first-order valence-corrected chi connectivity index (χ1v) is 13.5. The van der Waals surface area contributed by atoms with E-state index in [1.165, 1.54) is 22.9 Å². The lowest BCUT2D eigenvalue weighted by Crippen LogP contribution is -2.33. The van der Waals surface area contributed by atoms with Gasteiger partial charge in [-0.3, -0.25) is 0 Å². The van der Waals surface area contributed by atoms with Gasteiger partial charge in [0.05, 0.1) is 32.6 Å². The van der Waals surface area contributed by atoms with Crippen molar-refractivity contribution in [3.8, 4) is 11.5 Å². The van der Waals surface area contributed by atoms with Crippen LogP contribution in [0.5, 0.6) is 11.5 Å². The van der Waals surface area contributed by atoms with Crippen molar-refractivity contribution in [3.05, 3.63) is 87.1 Å². The van der Waals surface area contributed by atoms with E-state index in [4.69, 9.17) is 19.2 Å². The first-order valence-electron chi connectivity index (χ1n) is 12.7. The van der Waals surface area contributed by atoms with E-state index in [2.05, 4.69) is 35.2 Å². The topological polar surface area (TPSA) is 60.4 Å². The molecule has 0 saturated heterocycles. The van der Waals surface area contributed by atoms with Crippen molar-refractivity contribution in [1.82, 2.24) is 4.90 Å². The second-order valence-corrected chi connectivity index (χ2v) is 10.2. The maximum atomic E-state index is 12.8. The third kappa shape index (κ3) is 4.92. The summed E-state index contributed by atoms with van der Waals surface area (Å²) in [6.07, 6.45) is 6.35. The predicted octanol–water partition coefficient (Wildman–Crippen LogP) is 6.87. The summed E-state index contributed by atoms with van der Waals surface area (Å²) in [6, 6.07) is 16.3. The maximum absolute atomic E-state index is 12.8. The lowest BCUT2D eigenvalue weighted by molar-refractivity contribution is -0.137. The molecule has 1 aliphatic carbocycles. The van der Waals surface area contributed by atoms with Gasteiger partial charge in [0.15, 0.2) is 5.17 Å². The highest BCUT2D eigenvalue weighted by Gasteiger charge is 2.42. The summed E-state index contributed by atoms with van der Waals surface area (Å²) in [7, 11) is 3.36. The number of hydrogen-bond donors (Lipinski definition) is 0. The number of amidine groups is 1. The first-order chi connectivity index (χ1) is 18.0. The fourth-order valence-electron chi connectivity index (χ4n) is 5.15. The number of benzene rings is 2. The highest BCUT2D eigenvalue weighted by molar-refractivity contribution is 8.18. The van der Waals surface area contributed by atoms with Crippen molar-refractivity contribution in [2.45, 2.75) is 45.6 Å². The molecule has 0 saturated carbocycles. The minimum Gasteiger partial charge on any atom is -0.497 e. The molecule has 0 radical (unpaired) electrons. The highest BCUT2D eigenvalue weighted by atomic mass is 32.2. The number of nitrogens with zero attached hydrogens (tertiary/aromatic N) is 2. The van der Waals surface area contributed by atoms with E-state index in [9.17, 15) is 4.79 Å². The lowest BCUT2D eigenvalue weighted by Gasteiger charge is -2.37. The number of carbonyl (C=O) groups is 1. The van der Waals surface area contributed by atoms with Gasteiger partial charge in [0, 0.05) is 5.70 Å². The molecule has 2 aromatic carbocycles. The molecule has 5 rings (SSSR count). The summed E-state index contributed by atoms with van der Waals surface area (Å²) in [6.45, 7) is 4.17. The van der Waals surface area contributed by atoms with Gasteiger partial charge in [0.25, 0.3) is 0 Å². The molecule has 6 nitrogen and oxygen atoms in total. The number of allylic oxidation sites excluding steroid dienone is 2. The molecule has 0 amide bonds. The van der Waals surface area contributed by atoms with Crippen molar-refractivity contribution >= 4 is 29.0 Å². The monoisotopic (exact) mass is 516 g/mol. The quantitative estimate of drug-likeness (QED) is 0.391. The summed E-state index contributed by atoms with van der Waals surface area (Å²) < 4.78 is 16.1. The van der Waals surface area contributed by atoms with E-state index in [1.54, 1.807) is 14.2 Å². The normalized spacial score (nSPS) is 20.3. The van der Waals surface area contributed by atoms with Crippen LogP contribution in [0.4, 0.5) is 0 Å². The molecule has 0 bridgehead atoms. The van der Waals surface area contributed by atoms with E-state index in [0.717, 1.165) is 64.9 Å². The Morgan fingerprint density at radius 1 is 1.03 bits per heavy atom. The highest BCUT2D eigenvalue weighted by Crippen LogP contribution is 2.50. The number of aliphatic imine (C=N–C) groups is 1. The largest absolute Gasteiger partial charge is 0.497 e. The van der Waals surface area contributed by atoms with Crippen LogP contribution < -0.4 is 9.47 Å². The third-order valence-corrected chi connectivity index (χ3v) is 8.12. The number of hydrogen-bond acceptors (Lipinski definition) is 7. The van der Waals surface area contributed by atoms with Crippen molar-refractivity contribution in [2.75, 3.05) is 20.8 Å². The average molecular weight is 517 g/mol. The van der Waals surface area contributed by atoms with E-state index in [0.29, 0.717) is 11.5 Å². The van der Waals surface area contributed by atoms with E-state index >= 15 is 0 Å². The fourth-order valence-corrected chi connectivity index (χ4v) is 6.20. The number of carbonyl (C=O) groups excluding carboxylic acids is 1. The third-order valence-electron chi connectivity index (χ3n) is 6.98. The number of fused-ring (bicyclic) bond motifs is 1. The zero-order valence-corrected chi connectivity index (χ0v) is 22.6. The predicted molar refractivity (Wildman–Crippen MR) is 148 cm³/mol. The van der Waals surface area contributed by atoms with Crippen molar-refractivity contribution in [3.63, 3.8) is 0 Å². The fraction of sp³-hybridized carbons (Fsp3) is 0.333.